The molecule has 5 heteroatoms. The monoisotopic (exact) mass is 239 g/mol. The summed E-state index contributed by atoms with van der Waals surface area (Å²) in [7, 11) is -1.75. The molecule has 1 N–H and O–H groups in total. The van der Waals surface area contributed by atoms with Crippen molar-refractivity contribution in [2.45, 2.75) is 4.90 Å². The Morgan fingerprint density at radius 2 is 2.19 bits per heavy atom. The minimum Gasteiger partial charge on any atom is -0.495 e. The Labute approximate surface area is 95.5 Å². The minimum atomic E-state index is -3.22. The van der Waals surface area contributed by atoms with E-state index in [0.29, 0.717) is 18.0 Å². The zero-order chi connectivity index (χ0) is 12.2. The number of ether oxygens (including phenoxy) is 1. The van der Waals surface area contributed by atoms with Crippen LogP contribution >= 0.6 is 0 Å². The van der Waals surface area contributed by atoms with Gasteiger partial charge in [0.05, 0.1) is 24.2 Å². The fraction of sp³-hybridized carbons (Fsp3) is 0.273. The maximum absolute atomic E-state index is 11.3. The maximum atomic E-state index is 11.3. The van der Waals surface area contributed by atoms with Crippen LogP contribution in [0.4, 0.5) is 5.69 Å². The lowest BCUT2D eigenvalue weighted by Gasteiger charge is -2.10. The Morgan fingerprint density at radius 1 is 1.50 bits per heavy atom. The molecule has 1 rings (SSSR count). The Bertz CT molecular complexity index is 515. The van der Waals surface area contributed by atoms with E-state index in [1.54, 1.807) is 6.07 Å². The normalized spacial score (nSPS) is 10.6. The van der Waals surface area contributed by atoms with Crippen LogP contribution in [0.3, 0.4) is 0 Å². The molecule has 0 radical (unpaired) electrons. The summed E-state index contributed by atoms with van der Waals surface area (Å²) in [5, 5.41) is 2.94. The highest BCUT2D eigenvalue weighted by Crippen LogP contribution is 2.27. The van der Waals surface area contributed by atoms with Crippen LogP contribution in [0.5, 0.6) is 5.75 Å². The van der Waals surface area contributed by atoms with Crippen LogP contribution in [0.1, 0.15) is 0 Å². The van der Waals surface area contributed by atoms with Crippen LogP contribution in [0.25, 0.3) is 0 Å². The first-order valence-corrected chi connectivity index (χ1v) is 6.43. The molecule has 1 aromatic carbocycles. The van der Waals surface area contributed by atoms with Gasteiger partial charge in [-0.2, -0.15) is 0 Å². The van der Waals surface area contributed by atoms with Gasteiger partial charge in [-0.15, -0.1) is 6.42 Å². The van der Waals surface area contributed by atoms with Gasteiger partial charge in [-0.3, -0.25) is 0 Å². The Kier molecular flexibility index (Phi) is 3.80. The average molecular weight is 239 g/mol. The molecule has 0 fully saturated rings. The number of hydrogen-bond donors (Lipinski definition) is 1. The van der Waals surface area contributed by atoms with Crippen molar-refractivity contribution in [3.8, 4) is 18.1 Å². The zero-order valence-electron chi connectivity index (χ0n) is 9.15. The molecule has 0 saturated carbocycles. The molecule has 0 atom stereocenters. The van der Waals surface area contributed by atoms with Crippen molar-refractivity contribution < 1.29 is 13.2 Å². The molecule has 86 valence electrons. The van der Waals surface area contributed by atoms with Gasteiger partial charge in [0.15, 0.2) is 9.84 Å². The summed E-state index contributed by atoms with van der Waals surface area (Å²) in [5.41, 5.74) is 0.674. The van der Waals surface area contributed by atoms with E-state index in [1.165, 1.54) is 19.2 Å². The first-order chi connectivity index (χ1) is 7.49. The van der Waals surface area contributed by atoms with Crippen molar-refractivity contribution in [1.82, 2.24) is 0 Å². The minimum absolute atomic E-state index is 0.218. The van der Waals surface area contributed by atoms with E-state index in [2.05, 4.69) is 11.2 Å². The number of nitrogens with one attached hydrogen (secondary N) is 1. The molecule has 0 aliphatic carbocycles. The fourth-order valence-electron chi connectivity index (χ4n) is 1.19. The zero-order valence-corrected chi connectivity index (χ0v) is 9.97. The average Bonchev–Trinajstić information content (AvgIpc) is 2.24. The molecular weight excluding hydrogens is 226 g/mol. The smallest absolute Gasteiger partial charge is 0.175 e. The second kappa shape index (κ2) is 4.90. The summed E-state index contributed by atoms with van der Waals surface area (Å²) in [5.74, 6) is 2.88. The Hall–Kier alpha value is -1.67. The molecule has 0 saturated heterocycles. The topological polar surface area (TPSA) is 55.4 Å². The molecule has 0 spiro atoms. The van der Waals surface area contributed by atoms with Crippen molar-refractivity contribution in [2.24, 2.45) is 0 Å². The van der Waals surface area contributed by atoms with Crippen LogP contribution in [0.2, 0.25) is 0 Å². The lowest BCUT2D eigenvalue weighted by atomic mass is 10.3. The number of benzene rings is 1. The number of rotatable bonds is 4. The highest BCUT2D eigenvalue weighted by atomic mass is 32.2. The van der Waals surface area contributed by atoms with E-state index in [1.807, 2.05) is 0 Å². The predicted octanol–water partition coefficient (Wildman–Crippen LogP) is 1.14. The van der Waals surface area contributed by atoms with Gasteiger partial charge in [0.2, 0.25) is 0 Å². The number of terminal acetylenes is 1. The predicted molar refractivity (Wildman–Crippen MR) is 63.4 cm³/mol. The number of methoxy groups -OCH3 is 1. The molecule has 0 heterocycles. The summed E-state index contributed by atoms with van der Waals surface area (Å²) in [4.78, 5) is 0.218. The number of hydrogen-bond acceptors (Lipinski definition) is 4. The largest absolute Gasteiger partial charge is 0.495 e. The summed E-state index contributed by atoms with van der Waals surface area (Å²) in [6.45, 7) is 0.356. The molecule has 0 aliphatic heterocycles. The second-order valence-corrected chi connectivity index (χ2v) is 5.21. The molecule has 1 aromatic rings. The van der Waals surface area contributed by atoms with Gasteiger partial charge in [-0.05, 0) is 12.1 Å². The van der Waals surface area contributed by atoms with Gasteiger partial charge in [0.1, 0.15) is 5.75 Å². The van der Waals surface area contributed by atoms with Gasteiger partial charge < -0.3 is 10.1 Å². The van der Waals surface area contributed by atoms with Crippen LogP contribution in [0, 0.1) is 12.3 Å². The van der Waals surface area contributed by atoms with Crippen molar-refractivity contribution in [2.75, 3.05) is 25.2 Å². The van der Waals surface area contributed by atoms with E-state index in [0.717, 1.165) is 6.26 Å². The maximum Gasteiger partial charge on any atom is 0.175 e. The first-order valence-electron chi connectivity index (χ1n) is 4.54. The van der Waals surface area contributed by atoms with Crippen molar-refractivity contribution in [3.63, 3.8) is 0 Å². The van der Waals surface area contributed by atoms with Crippen LogP contribution in [-0.4, -0.2) is 28.3 Å². The molecule has 0 aromatic heterocycles. The third-order valence-electron chi connectivity index (χ3n) is 1.98. The van der Waals surface area contributed by atoms with Crippen molar-refractivity contribution in [3.05, 3.63) is 18.2 Å². The van der Waals surface area contributed by atoms with E-state index in [4.69, 9.17) is 11.2 Å². The van der Waals surface area contributed by atoms with E-state index >= 15 is 0 Å². The van der Waals surface area contributed by atoms with Crippen molar-refractivity contribution in [1.29, 1.82) is 0 Å². The molecule has 0 unspecified atom stereocenters. The van der Waals surface area contributed by atoms with Crippen LogP contribution in [0.15, 0.2) is 23.1 Å². The van der Waals surface area contributed by atoms with Crippen LogP contribution < -0.4 is 10.1 Å². The standard InChI is InChI=1S/C11H13NO3S/c1-4-7-12-10-6-5-9(16(3,13)14)8-11(10)15-2/h1,5-6,8,12H,7H2,2-3H3. The lowest BCUT2D eigenvalue weighted by molar-refractivity contribution is 0.415. The number of sulfone groups is 1. The molecule has 0 bridgehead atoms. The van der Waals surface area contributed by atoms with Crippen LogP contribution in [-0.2, 0) is 9.84 Å². The van der Waals surface area contributed by atoms with E-state index < -0.39 is 9.84 Å². The molecule has 0 aliphatic rings. The quantitative estimate of drug-likeness (QED) is 0.801. The summed E-state index contributed by atoms with van der Waals surface area (Å²) < 4.78 is 27.7. The molecule has 16 heavy (non-hydrogen) atoms. The number of anilines is 1. The van der Waals surface area contributed by atoms with Gasteiger partial charge in [-0.25, -0.2) is 8.42 Å². The summed E-state index contributed by atoms with van der Waals surface area (Å²) in [6, 6.07) is 4.61. The third kappa shape index (κ3) is 2.91. The fourth-order valence-corrected chi connectivity index (χ4v) is 1.83. The van der Waals surface area contributed by atoms with Gasteiger partial charge in [0.25, 0.3) is 0 Å². The second-order valence-electron chi connectivity index (χ2n) is 3.19. The van der Waals surface area contributed by atoms with E-state index in [9.17, 15) is 8.42 Å². The Balaban J connectivity index is 3.13. The highest BCUT2D eigenvalue weighted by Gasteiger charge is 2.10. The van der Waals surface area contributed by atoms with Crippen molar-refractivity contribution >= 4 is 15.5 Å². The molecular formula is C11H13NO3S. The SMILES string of the molecule is C#CCNc1ccc(S(C)(=O)=O)cc1OC. The van der Waals surface area contributed by atoms with Gasteiger partial charge in [0, 0.05) is 12.3 Å². The molecule has 0 amide bonds. The lowest BCUT2D eigenvalue weighted by Crippen LogP contribution is -2.03. The molecule has 4 nitrogen and oxygen atoms in total. The first kappa shape index (κ1) is 12.4. The van der Waals surface area contributed by atoms with E-state index in [-0.39, 0.29) is 4.90 Å². The Morgan fingerprint density at radius 3 is 2.69 bits per heavy atom. The van der Waals surface area contributed by atoms with Gasteiger partial charge in [-0.1, -0.05) is 5.92 Å². The summed E-state index contributed by atoms with van der Waals surface area (Å²) in [6.07, 6.45) is 6.27. The van der Waals surface area contributed by atoms with Gasteiger partial charge >= 0.3 is 0 Å². The third-order valence-corrected chi connectivity index (χ3v) is 3.09. The summed E-state index contributed by atoms with van der Waals surface area (Å²) >= 11 is 0. The highest BCUT2D eigenvalue weighted by molar-refractivity contribution is 7.90.